The zero-order valence-corrected chi connectivity index (χ0v) is 11.7. The number of rotatable bonds is 4. The van der Waals surface area contributed by atoms with E-state index in [-0.39, 0.29) is 0 Å². The molecule has 4 heteroatoms. The average molecular weight is 256 g/mol. The molecule has 0 radical (unpaired) electrons. The molecule has 0 aromatic rings. The minimum atomic E-state index is -1.13. The van der Waals surface area contributed by atoms with Crippen molar-refractivity contribution in [1.29, 1.82) is 0 Å². The van der Waals surface area contributed by atoms with E-state index in [1.807, 2.05) is 6.92 Å². The van der Waals surface area contributed by atoms with E-state index in [2.05, 4.69) is 13.8 Å². The highest BCUT2D eigenvalue weighted by atomic mass is 16.6. The van der Waals surface area contributed by atoms with Gasteiger partial charge in [0.1, 0.15) is 5.60 Å². The van der Waals surface area contributed by atoms with E-state index >= 15 is 0 Å². The predicted octanol–water partition coefficient (Wildman–Crippen LogP) is 2.86. The second-order valence-corrected chi connectivity index (χ2v) is 6.01. The van der Waals surface area contributed by atoms with Crippen molar-refractivity contribution in [3.8, 4) is 0 Å². The van der Waals surface area contributed by atoms with Crippen LogP contribution in [-0.2, 0) is 14.3 Å². The third-order valence-corrected chi connectivity index (χ3v) is 4.10. The fourth-order valence-electron chi connectivity index (χ4n) is 2.45. The van der Waals surface area contributed by atoms with Gasteiger partial charge in [0.2, 0.25) is 0 Å². The van der Waals surface area contributed by atoms with Crippen LogP contribution in [0.5, 0.6) is 0 Å². The summed E-state index contributed by atoms with van der Waals surface area (Å²) in [5.41, 5.74) is -0.480. The van der Waals surface area contributed by atoms with Crippen LogP contribution in [0.25, 0.3) is 0 Å². The largest absolute Gasteiger partial charge is 0.481 e. The van der Waals surface area contributed by atoms with Crippen LogP contribution in [0.4, 0.5) is 0 Å². The van der Waals surface area contributed by atoms with Gasteiger partial charge in [0, 0.05) is 0 Å². The van der Waals surface area contributed by atoms with Crippen molar-refractivity contribution >= 4 is 11.9 Å². The number of hydrogen-bond donors (Lipinski definition) is 1. The Morgan fingerprint density at radius 2 is 1.72 bits per heavy atom. The molecule has 1 unspecified atom stereocenters. The Morgan fingerprint density at radius 3 is 2.11 bits per heavy atom. The summed E-state index contributed by atoms with van der Waals surface area (Å²) in [6.07, 6.45) is 3.74. The molecule has 0 saturated heterocycles. The topological polar surface area (TPSA) is 63.6 Å². The molecule has 1 rings (SSSR count). The van der Waals surface area contributed by atoms with Gasteiger partial charge in [-0.15, -0.1) is 0 Å². The number of carbonyl (C=O) groups excluding carboxylic acids is 1. The van der Waals surface area contributed by atoms with Gasteiger partial charge in [0.05, 0.1) is 0 Å². The summed E-state index contributed by atoms with van der Waals surface area (Å²) in [7, 11) is 0. The normalized spacial score (nSPS) is 29.9. The van der Waals surface area contributed by atoms with Gasteiger partial charge >= 0.3 is 11.9 Å². The van der Waals surface area contributed by atoms with Gasteiger partial charge < -0.3 is 9.84 Å². The minimum absolute atomic E-state index is 0.480. The number of carboxylic acids is 1. The first-order valence-corrected chi connectivity index (χ1v) is 6.71. The van der Waals surface area contributed by atoms with Crippen LogP contribution in [-0.4, -0.2) is 22.6 Å². The van der Waals surface area contributed by atoms with Crippen LogP contribution in [0, 0.1) is 17.8 Å². The second kappa shape index (κ2) is 5.72. The molecule has 1 N–H and O–H groups in total. The van der Waals surface area contributed by atoms with Crippen LogP contribution >= 0.6 is 0 Å². The van der Waals surface area contributed by atoms with Gasteiger partial charge in [-0.1, -0.05) is 13.8 Å². The number of carboxylic acid groups (broad SMARTS) is 1. The van der Waals surface area contributed by atoms with Gasteiger partial charge in [0.15, 0.2) is 5.92 Å². The molecule has 18 heavy (non-hydrogen) atoms. The molecule has 1 fully saturated rings. The first-order valence-electron chi connectivity index (χ1n) is 6.71. The van der Waals surface area contributed by atoms with E-state index in [4.69, 9.17) is 9.84 Å². The summed E-state index contributed by atoms with van der Waals surface area (Å²) in [5.74, 6) is -1.48. The summed E-state index contributed by atoms with van der Waals surface area (Å²) in [5, 5.41) is 8.78. The van der Waals surface area contributed by atoms with Crippen molar-refractivity contribution in [3.05, 3.63) is 0 Å². The van der Waals surface area contributed by atoms with Gasteiger partial charge in [0.25, 0.3) is 0 Å². The lowest BCUT2D eigenvalue weighted by Gasteiger charge is -2.38. The molecule has 0 spiro atoms. The molecule has 0 aliphatic heterocycles. The van der Waals surface area contributed by atoms with Gasteiger partial charge in [-0.2, -0.15) is 0 Å². The highest BCUT2D eigenvalue weighted by molar-refractivity contribution is 5.93. The summed E-state index contributed by atoms with van der Waals surface area (Å²) >= 11 is 0. The van der Waals surface area contributed by atoms with Crippen LogP contribution in [0.1, 0.15) is 53.4 Å². The second-order valence-electron chi connectivity index (χ2n) is 6.01. The molecule has 0 aromatic heterocycles. The molecule has 0 aromatic carbocycles. The first-order chi connectivity index (χ1) is 8.25. The number of aliphatic carboxylic acids is 1. The molecule has 1 aliphatic carbocycles. The van der Waals surface area contributed by atoms with E-state index in [1.54, 1.807) is 0 Å². The molecule has 4 nitrogen and oxygen atoms in total. The number of carbonyl (C=O) groups is 2. The van der Waals surface area contributed by atoms with E-state index in [0.29, 0.717) is 11.8 Å². The Kier molecular flexibility index (Phi) is 4.77. The molecular formula is C14H24O4. The quantitative estimate of drug-likeness (QED) is 0.620. The van der Waals surface area contributed by atoms with Gasteiger partial charge in [-0.05, 0) is 51.4 Å². The molecule has 0 bridgehead atoms. The zero-order valence-electron chi connectivity index (χ0n) is 11.7. The summed E-state index contributed by atoms with van der Waals surface area (Å²) in [6.45, 7) is 7.71. The standard InChI is InChI=1S/C14H24O4/c1-9(2)11-5-7-14(4,8-6-11)18-13(17)10(3)12(15)16/h9-11H,5-8H2,1-4H3,(H,15,16). The predicted molar refractivity (Wildman–Crippen MR) is 68.1 cm³/mol. The Morgan fingerprint density at radius 1 is 1.22 bits per heavy atom. The summed E-state index contributed by atoms with van der Waals surface area (Å²) in [6, 6.07) is 0. The van der Waals surface area contributed by atoms with Crippen molar-refractivity contribution in [2.24, 2.45) is 17.8 Å². The monoisotopic (exact) mass is 256 g/mol. The number of ether oxygens (including phenoxy) is 1. The van der Waals surface area contributed by atoms with Crippen LogP contribution in [0.15, 0.2) is 0 Å². The van der Waals surface area contributed by atoms with Crippen molar-refractivity contribution in [2.45, 2.75) is 59.0 Å². The maximum absolute atomic E-state index is 11.7. The highest BCUT2D eigenvalue weighted by Gasteiger charge is 2.37. The third kappa shape index (κ3) is 3.72. The maximum Gasteiger partial charge on any atom is 0.320 e. The van der Waals surface area contributed by atoms with Crippen molar-refractivity contribution < 1.29 is 19.4 Å². The summed E-state index contributed by atoms with van der Waals surface area (Å²) < 4.78 is 5.41. The first kappa shape index (κ1) is 15.0. The summed E-state index contributed by atoms with van der Waals surface area (Å²) in [4.78, 5) is 22.4. The number of hydrogen-bond acceptors (Lipinski definition) is 3. The average Bonchev–Trinajstić information content (AvgIpc) is 2.27. The molecule has 0 heterocycles. The van der Waals surface area contributed by atoms with E-state index in [1.165, 1.54) is 6.92 Å². The Hall–Kier alpha value is -1.06. The fourth-order valence-corrected chi connectivity index (χ4v) is 2.45. The van der Waals surface area contributed by atoms with Crippen LogP contribution in [0.2, 0.25) is 0 Å². The Bertz CT molecular complexity index is 314. The Balaban J connectivity index is 2.53. The van der Waals surface area contributed by atoms with Gasteiger partial charge in [-0.25, -0.2) is 0 Å². The van der Waals surface area contributed by atoms with Crippen LogP contribution < -0.4 is 0 Å². The third-order valence-electron chi connectivity index (χ3n) is 4.10. The van der Waals surface area contributed by atoms with E-state index < -0.39 is 23.5 Å². The molecule has 104 valence electrons. The molecular weight excluding hydrogens is 232 g/mol. The van der Waals surface area contributed by atoms with Crippen molar-refractivity contribution in [3.63, 3.8) is 0 Å². The smallest absolute Gasteiger partial charge is 0.320 e. The molecule has 1 saturated carbocycles. The SMILES string of the molecule is CC(C(=O)O)C(=O)OC1(C)CCC(C(C)C)CC1. The fraction of sp³-hybridized carbons (Fsp3) is 0.857. The molecule has 1 atom stereocenters. The lowest BCUT2D eigenvalue weighted by atomic mass is 9.75. The molecule has 0 amide bonds. The van der Waals surface area contributed by atoms with Crippen molar-refractivity contribution in [2.75, 3.05) is 0 Å². The maximum atomic E-state index is 11.7. The number of esters is 1. The van der Waals surface area contributed by atoms with Gasteiger partial charge in [-0.3, -0.25) is 9.59 Å². The van der Waals surface area contributed by atoms with E-state index in [0.717, 1.165) is 25.7 Å². The highest BCUT2D eigenvalue weighted by Crippen LogP contribution is 2.38. The Labute approximate surface area is 109 Å². The van der Waals surface area contributed by atoms with Crippen molar-refractivity contribution in [1.82, 2.24) is 0 Å². The minimum Gasteiger partial charge on any atom is -0.481 e. The molecule has 1 aliphatic rings. The lowest BCUT2D eigenvalue weighted by molar-refractivity contribution is -0.171. The lowest BCUT2D eigenvalue weighted by Crippen LogP contribution is -2.39. The van der Waals surface area contributed by atoms with E-state index in [9.17, 15) is 9.59 Å². The zero-order chi connectivity index (χ0) is 13.9. The van der Waals surface area contributed by atoms with Crippen LogP contribution in [0.3, 0.4) is 0 Å².